The van der Waals surface area contributed by atoms with E-state index in [1.807, 2.05) is 0 Å². The largest absolute Gasteiger partial charge is 0.326 e. The van der Waals surface area contributed by atoms with Crippen molar-refractivity contribution in [2.75, 3.05) is 6.54 Å². The van der Waals surface area contributed by atoms with Gasteiger partial charge in [-0.05, 0) is 51.5 Å². The molecular weight excluding hydrogens is 172 g/mol. The van der Waals surface area contributed by atoms with Gasteiger partial charge >= 0.3 is 0 Å². The average molecular weight is 198 g/mol. The van der Waals surface area contributed by atoms with Gasteiger partial charge in [-0.15, -0.1) is 0 Å². The van der Waals surface area contributed by atoms with Gasteiger partial charge in [-0.3, -0.25) is 0 Å². The molecule has 1 fully saturated rings. The molecule has 1 atom stereocenters. The van der Waals surface area contributed by atoms with Crippen LogP contribution < -0.4 is 11.1 Å². The molecule has 1 rings (SSSR count). The van der Waals surface area contributed by atoms with Gasteiger partial charge in [0.05, 0.1) is 0 Å². The van der Waals surface area contributed by atoms with Gasteiger partial charge in [0, 0.05) is 11.6 Å². The maximum Gasteiger partial charge on any atom is 0.0109 e. The molecule has 2 heteroatoms. The Kier molecular flexibility index (Phi) is 3.59. The van der Waals surface area contributed by atoms with Gasteiger partial charge in [-0.2, -0.15) is 0 Å². The van der Waals surface area contributed by atoms with Crippen molar-refractivity contribution in [1.29, 1.82) is 0 Å². The number of nitrogens with one attached hydrogen (secondary N) is 1. The number of rotatable bonds is 4. The summed E-state index contributed by atoms with van der Waals surface area (Å²) in [6.07, 6.45) is 5.07. The molecule has 3 N–H and O–H groups in total. The van der Waals surface area contributed by atoms with Crippen LogP contribution in [0.3, 0.4) is 0 Å². The summed E-state index contributed by atoms with van der Waals surface area (Å²) in [5.74, 6) is 0. The van der Waals surface area contributed by atoms with E-state index in [0.29, 0.717) is 5.41 Å². The van der Waals surface area contributed by atoms with Crippen LogP contribution in [0.15, 0.2) is 0 Å². The standard InChI is InChI=1S/C12H26N2/c1-11(2)6-5-10(9-11)14-8-7-12(3,4)13/h10,14H,5-9,13H2,1-4H3. The average Bonchev–Trinajstić information content (AvgIpc) is 2.27. The molecule has 0 aromatic carbocycles. The number of hydrogen-bond donors (Lipinski definition) is 2. The maximum atomic E-state index is 5.93. The predicted molar refractivity (Wildman–Crippen MR) is 62.3 cm³/mol. The first-order chi connectivity index (χ1) is 6.29. The van der Waals surface area contributed by atoms with Crippen LogP contribution in [0.2, 0.25) is 0 Å². The maximum absolute atomic E-state index is 5.93. The summed E-state index contributed by atoms with van der Waals surface area (Å²) in [5, 5.41) is 3.61. The summed E-state index contributed by atoms with van der Waals surface area (Å²) < 4.78 is 0. The Morgan fingerprint density at radius 1 is 1.43 bits per heavy atom. The van der Waals surface area contributed by atoms with E-state index in [1.54, 1.807) is 0 Å². The third kappa shape index (κ3) is 4.43. The van der Waals surface area contributed by atoms with E-state index in [1.165, 1.54) is 19.3 Å². The molecule has 0 aromatic rings. The molecule has 0 radical (unpaired) electrons. The monoisotopic (exact) mass is 198 g/mol. The topological polar surface area (TPSA) is 38.0 Å². The van der Waals surface area contributed by atoms with E-state index < -0.39 is 0 Å². The fourth-order valence-corrected chi connectivity index (χ4v) is 2.21. The van der Waals surface area contributed by atoms with Crippen LogP contribution in [0.1, 0.15) is 53.4 Å². The highest BCUT2D eigenvalue weighted by molar-refractivity contribution is 4.86. The molecule has 0 amide bonds. The second-order valence-corrected chi connectivity index (χ2v) is 6.30. The zero-order valence-electron chi connectivity index (χ0n) is 10.2. The minimum atomic E-state index is -0.0267. The second kappa shape index (κ2) is 4.19. The van der Waals surface area contributed by atoms with E-state index >= 15 is 0 Å². The van der Waals surface area contributed by atoms with Crippen molar-refractivity contribution in [2.24, 2.45) is 11.1 Å². The van der Waals surface area contributed by atoms with Crippen molar-refractivity contribution < 1.29 is 0 Å². The van der Waals surface area contributed by atoms with Crippen molar-refractivity contribution >= 4 is 0 Å². The lowest BCUT2D eigenvalue weighted by Crippen LogP contribution is -2.38. The fourth-order valence-electron chi connectivity index (χ4n) is 2.21. The van der Waals surface area contributed by atoms with Crippen LogP contribution in [-0.2, 0) is 0 Å². The van der Waals surface area contributed by atoms with Gasteiger partial charge in [-0.1, -0.05) is 13.8 Å². The first-order valence-electron chi connectivity index (χ1n) is 5.81. The predicted octanol–water partition coefficient (Wildman–Crippen LogP) is 2.28. The summed E-state index contributed by atoms with van der Waals surface area (Å²) >= 11 is 0. The minimum absolute atomic E-state index is 0.0267. The number of nitrogens with two attached hydrogens (primary N) is 1. The van der Waals surface area contributed by atoms with Crippen LogP contribution >= 0.6 is 0 Å². The molecule has 0 heterocycles. The van der Waals surface area contributed by atoms with Gasteiger partial charge in [0.25, 0.3) is 0 Å². The molecule has 14 heavy (non-hydrogen) atoms. The van der Waals surface area contributed by atoms with E-state index in [4.69, 9.17) is 5.73 Å². The molecule has 1 saturated carbocycles. The molecule has 0 saturated heterocycles. The van der Waals surface area contributed by atoms with Crippen molar-refractivity contribution in [3.63, 3.8) is 0 Å². The van der Waals surface area contributed by atoms with Crippen LogP contribution in [0.4, 0.5) is 0 Å². The normalized spacial score (nSPS) is 26.8. The summed E-state index contributed by atoms with van der Waals surface area (Å²) in [5.41, 5.74) is 6.46. The molecule has 1 unspecified atom stereocenters. The van der Waals surface area contributed by atoms with Gasteiger partial charge < -0.3 is 11.1 Å². The fraction of sp³-hybridized carbons (Fsp3) is 1.00. The van der Waals surface area contributed by atoms with E-state index in [-0.39, 0.29) is 5.54 Å². The Morgan fingerprint density at radius 3 is 2.50 bits per heavy atom. The van der Waals surface area contributed by atoms with Gasteiger partial charge in [0.2, 0.25) is 0 Å². The first kappa shape index (κ1) is 12.0. The van der Waals surface area contributed by atoms with Crippen LogP contribution in [0.5, 0.6) is 0 Å². The second-order valence-electron chi connectivity index (χ2n) is 6.30. The van der Waals surface area contributed by atoms with Crippen LogP contribution in [-0.4, -0.2) is 18.1 Å². The molecule has 0 bridgehead atoms. The minimum Gasteiger partial charge on any atom is -0.326 e. The summed E-state index contributed by atoms with van der Waals surface area (Å²) in [7, 11) is 0. The molecule has 0 aliphatic heterocycles. The highest BCUT2D eigenvalue weighted by atomic mass is 14.9. The van der Waals surface area contributed by atoms with Crippen LogP contribution in [0.25, 0.3) is 0 Å². The molecule has 84 valence electrons. The quantitative estimate of drug-likeness (QED) is 0.727. The van der Waals surface area contributed by atoms with Crippen molar-refractivity contribution in [2.45, 2.75) is 65.0 Å². The van der Waals surface area contributed by atoms with E-state index in [0.717, 1.165) is 19.0 Å². The molecule has 0 spiro atoms. The van der Waals surface area contributed by atoms with Gasteiger partial charge in [-0.25, -0.2) is 0 Å². The lowest BCUT2D eigenvalue weighted by Gasteiger charge is -2.21. The molecule has 1 aliphatic carbocycles. The number of hydrogen-bond acceptors (Lipinski definition) is 2. The van der Waals surface area contributed by atoms with Gasteiger partial charge in [0.1, 0.15) is 0 Å². The third-order valence-corrected chi connectivity index (χ3v) is 3.17. The van der Waals surface area contributed by atoms with Crippen molar-refractivity contribution in [1.82, 2.24) is 5.32 Å². The molecular formula is C12H26N2. The Morgan fingerprint density at radius 2 is 2.07 bits per heavy atom. The van der Waals surface area contributed by atoms with Gasteiger partial charge in [0.15, 0.2) is 0 Å². The zero-order chi connectivity index (χ0) is 10.8. The van der Waals surface area contributed by atoms with Crippen molar-refractivity contribution in [3.8, 4) is 0 Å². The molecule has 1 aliphatic rings. The summed E-state index contributed by atoms with van der Waals surface area (Å²) in [6, 6.07) is 0.729. The lowest BCUT2D eigenvalue weighted by atomic mass is 9.92. The highest BCUT2D eigenvalue weighted by Gasteiger charge is 2.30. The first-order valence-corrected chi connectivity index (χ1v) is 5.81. The molecule has 2 nitrogen and oxygen atoms in total. The summed E-state index contributed by atoms with van der Waals surface area (Å²) in [6.45, 7) is 9.97. The van der Waals surface area contributed by atoms with E-state index in [9.17, 15) is 0 Å². The Balaban J connectivity index is 2.15. The molecule has 0 aromatic heterocycles. The zero-order valence-corrected chi connectivity index (χ0v) is 10.2. The summed E-state index contributed by atoms with van der Waals surface area (Å²) in [4.78, 5) is 0. The Bertz CT molecular complexity index is 179. The SMILES string of the molecule is CC(C)(N)CCNC1CCC(C)(C)C1. The van der Waals surface area contributed by atoms with Crippen LogP contribution in [0, 0.1) is 5.41 Å². The Hall–Kier alpha value is -0.0800. The van der Waals surface area contributed by atoms with Crippen molar-refractivity contribution in [3.05, 3.63) is 0 Å². The van der Waals surface area contributed by atoms with E-state index in [2.05, 4.69) is 33.0 Å². The smallest absolute Gasteiger partial charge is 0.0109 e. The lowest BCUT2D eigenvalue weighted by molar-refractivity contribution is 0.358. The Labute approximate surface area is 88.6 Å². The third-order valence-electron chi connectivity index (χ3n) is 3.17. The highest BCUT2D eigenvalue weighted by Crippen LogP contribution is 2.36.